The van der Waals surface area contributed by atoms with Gasteiger partial charge in [-0.05, 0) is 43.9 Å². The summed E-state index contributed by atoms with van der Waals surface area (Å²) < 4.78 is 0. The van der Waals surface area contributed by atoms with E-state index in [4.69, 9.17) is 0 Å². The predicted molar refractivity (Wildman–Crippen MR) is 67.2 cm³/mol. The molecule has 90 valence electrons. The van der Waals surface area contributed by atoms with E-state index in [0.29, 0.717) is 17.1 Å². The molecular formula is C15H24O. The van der Waals surface area contributed by atoms with Crippen LogP contribution in [0.5, 0.6) is 0 Å². The molecule has 2 aliphatic rings. The number of hydrogen-bond acceptors (Lipinski definition) is 1. The van der Waals surface area contributed by atoms with Crippen LogP contribution in [0.1, 0.15) is 59.8 Å². The Kier molecular flexibility index (Phi) is 2.76. The van der Waals surface area contributed by atoms with Gasteiger partial charge in [0.05, 0.1) is 0 Å². The van der Waals surface area contributed by atoms with E-state index in [1.54, 1.807) is 0 Å². The lowest BCUT2D eigenvalue weighted by molar-refractivity contribution is -0.124. The summed E-state index contributed by atoms with van der Waals surface area (Å²) in [5, 5.41) is 0. The van der Waals surface area contributed by atoms with Crippen LogP contribution in [-0.2, 0) is 4.79 Å². The third-order valence-electron chi connectivity index (χ3n) is 4.60. The molecule has 0 amide bonds. The summed E-state index contributed by atoms with van der Waals surface area (Å²) in [7, 11) is 0. The molecule has 1 heteroatoms. The highest BCUT2D eigenvalue weighted by Gasteiger charge is 2.55. The highest BCUT2D eigenvalue weighted by Crippen LogP contribution is 2.58. The average molecular weight is 220 g/mol. The molecule has 0 unspecified atom stereocenters. The van der Waals surface area contributed by atoms with Crippen LogP contribution in [0.25, 0.3) is 0 Å². The molecule has 1 saturated carbocycles. The van der Waals surface area contributed by atoms with Gasteiger partial charge in [0, 0.05) is 11.8 Å². The van der Waals surface area contributed by atoms with Crippen LogP contribution in [0.3, 0.4) is 0 Å². The van der Waals surface area contributed by atoms with Gasteiger partial charge in [-0.15, -0.1) is 0 Å². The Morgan fingerprint density at radius 3 is 2.56 bits per heavy atom. The summed E-state index contributed by atoms with van der Waals surface area (Å²) in [6, 6.07) is 0. The number of Topliss-reactive ketones (excluding diaryl/α,β-unsaturated/α-hetero) is 1. The fourth-order valence-corrected chi connectivity index (χ4v) is 2.99. The lowest BCUT2D eigenvalue weighted by Crippen LogP contribution is -2.19. The highest BCUT2D eigenvalue weighted by molar-refractivity contribution is 5.87. The summed E-state index contributed by atoms with van der Waals surface area (Å²) >= 11 is 0. The van der Waals surface area contributed by atoms with E-state index >= 15 is 0 Å². The van der Waals surface area contributed by atoms with Gasteiger partial charge >= 0.3 is 0 Å². The third-order valence-corrected chi connectivity index (χ3v) is 4.60. The molecule has 2 atom stereocenters. The van der Waals surface area contributed by atoms with Crippen LogP contribution in [-0.4, -0.2) is 5.78 Å². The molecule has 0 N–H and O–H groups in total. The summed E-state index contributed by atoms with van der Waals surface area (Å²) in [5.74, 6) is 1.16. The van der Waals surface area contributed by atoms with Crippen LogP contribution >= 0.6 is 0 Å². The second-order valence-electron chi connectivity index (χ2n) is 6.86. The Labute approximate surface area is 99.3 Å². The van der Waals surface area contributed by atoms with E-state index < -0.39 is 0 Å². The minimum absolute atomic E-state index is 0.0366. The molecule has 0 heterocycles. The van der Waals surface area contributed by atoms with Crippen LogP contribution in [0.2, 0.25) is 0 Å². The Balaban J connectivity index is 2.18. The molecule has 0 aromatic heterocycles. The Bertz CT molecular complexity index is 337. The van der Waals surface area contributed by atoms with Crippen molar-refractivity contribution >= 4 is 5.78 Å². The molecule has 0 aromatic carbocycles. The first-order chi connectivity index (χ1) is 7.33. The molecule has 2 aliphatic carbocycles. The van der Waals surface area contributed by atoms with Gasteiger partial charge in [0.2, 0.25) is 0 Å². The number of rotatable bonds is 0. The zero-order valence-electron chi connectivity index (χ0n) is 11.1. The van der Waals surface area contributed by atoms with Gasteiger partial charge in [0.1, 0.15) is 5.78 Å². The number of carbonyl (C=O) groups excluding carboxylic acids is 1. The van der Waals surface area contributed by atoms with Gasteiger partial charge in [0.25, 0.3) is 0 Å². The van der Waals surface area contributed by atoms with Crippen molar-refractivity contribution in [2.24, 2.45) is 16.7 Å². The Morgan fingerprint density at radius 2 is 1.88 bits per heavy atom. The molecule has 0 aliphatic heterocycles. The van der Waals surface area contributed by atoms with E-state index in [-0.39, 0.29) is 5.41 Å². The van der Waals surface area contributed by atoms with Crippen molar-refractivity contribution in [1.82, 2.24) is 0 Å². The van der Waals surface area contributed by atoms with Gasteiger partial charge in [-0.1, -0.05) is 32.4 Å². The van der Waals surface area contributed by atoms with Gasteiger partial charge in [-0.2, -0.15) is 0 Å². The van der Waals surface area contributed by atoms with E-state index in [2.05, 4.69) is 33.8 Å². The predicted octanol–water partition coefficient (Wildman–Crippen LogP) is 4.13. The van der Waals surface area contributed by atoms with Crippen molar-refractivity contribution in [3.8, 4) is 0 Å². The second kappa shape index (κ2) is 3.72. The molecule has 1 nitrogen and oxygen atoms in total. The van der Waals surface area contributed by atoms with Crippen molar-refractivity contribution in [3.63, 3.8) is 0 Å². The lowest BCUT2D eigenvalue weighted by atomic mass is 9.79. The fourth-order valence-electron chi connectivity index (χ4n) is 2.99. The zero-order chi connectivity index (χ0) is 12.0. The number of fused-ring (bicyclic) bond motifs is 1. The monoisotopic (exact) mass is 220 g/mol. The maximum Gasteiger partial charge on any atom is 0.139 e. The van der Waals surface area contributed by atoms with Gasteiger partial charge in [-0.25, -0.2) is 0 Å². The maximum atomic E-state index is 12.1. The second-order valence-corrected chi connectivity index (χ2v) is 6.86. The SMILES string of the molecule is C/C1=C\CC(C)(C)C[C@H]2C[C@]2(C)C(=O)CC1. The molecule has 0 saturated heterocycles. The number of allylic oxidation sites excluding steroid dienone is 2. The van der Waals surface area contributed by atoms with E-state index in [1.165, 1.54) is 18.4 Å². The van der Waals surface area contributed by atoms with Crippen molar-refractivity contribution < 1.29 is 4.79 Å². The molecule has 2 rings (SSSR count). The summed E-state index contributed by atoms with van der Waals surface area (Å²) in [4.78, 5) is 12.1. The third kappa shape index (κ3) is 2.23. The molecule has 0 bridgehead atoms. The van der Waals surface area contributed by atoms with Gasteiger partial charge in [-0.3, -0.25) is 4.79 Å². The number of ketones is 1. The molecule has 0 spiro atoms. The maximum absolute atomic E-state index is 12.1. The topological polar surface area (TPSA) is 17.1 Å². The highest BCUT2D eigenvalue weighted by atomic mass is 16.1. The van der Waals surface area contributed by atoms with Crippen LogP contribution < -0.4 is 0 Å². The molecule has 1 fully saturated rings. The molecule has 16 heavy (non-hydrogen) atoms. The van der Waals surface area contributed by atoms with Gasteiger partial charge < -0.3 is 0 Å². The zero-order valence-corrected chi connectivity index (χ0v) is 11.1. The van der Waals surface area contributed by atoms with Crippen molar-refractivity contribution in [2.75, 3.05) is 0 Å². The molecule has 0 radical (unpaired) electrons. The van der Waals surface area contributed by atoms with E-state index in [1.807, 2.05) is 0 Å². The van der Waals surface area contributed by atoms with E-state index in [0.717, 1.165) is 19.3 Å². The van der Waals surface area contributed by atoms with Crippen molar-refractivity contribution in [3.05, 3.63) is 11.6 Å². The summed E-state index contributed by atoms with van der Waals surface area (Å²) in [5.41, 5.74) is 1.79. The first-order valence-electron chi connectivity index (χ1n) is 6.52. The minimum atomic E-state index is 0.0366. The average Bonchev–Trinajstić information content (AvgIpc) is 2.82. The van der Waals surface area contributed by atoms with Crippen LogP contribution in [0.15, 0.2) is 11.6 Å². The number of hydrogen-bond donors (Lipinski definition) is 0. The van der Waals surface area contributed by atoms with Crippen molar-refractivity contribution in [1.29, 1.82) is 0 Å². The number of carbonyl (C=O) groups is 1. The standard InChI is InChI=1S/C15H24O/c1-11-5-6-13(16)15(4)10-12(15)9-14(2,3)8-7-11/h7,12H,5-6,8-10H2,1-4H3/b11-7+/t12-,15-/m0/s1. The quantitative estimate of drug-likeness (QED) is 0.561. The van der Waals surface area contributed by atoms with Crippen molar-refractivity contribution in [2.45, 2.75) is 59.8 Å². The fraction of sp³-hybridized carbons (Fsp3) is 0.800. The normalized spacial score (nSPS) is 41.9. The first kappa shape index (κ1) is 11.9. The largest absolute Gasteiger partial charge is 0.299 e. The minimum Gasteiger partial charge on any atom is -0.299 e. The molecule has 0 aromatic rings. The van der Waals surface area contributed by atoms with E-state index in [9.17, 15) is 4.79 Å². The summed E-state index contributed by atoms with van der Waals surface area (Å²) in [6.07, 6.45) is 7.58. The van der Waals surface area contributed by atoms with Gasteiger partial charge in [0.15, 0.2) is 0 Å². The van der Waals surface area contributed by atoms with Crippen LogP contribution in [0, 0.1) is 16.7 Å². The smallest absolute Gasteiger partial charge is 0.139 e. The van der Waals surface area contributed by atoms with Crippen LogP contribution in [0.4, 0.5) is 0 Å². The Hall–Kier alpha value is -0.590. The molecular weight excluding hydrogens is 196 g/mol. The summed E-state index contributed by atoms with van der Waals surface area (Å²) in [6.45, 7) is 9.01. The first-order valence-corrected chi connectivity index (χ1v) is 6.52. The Morgan fingerprint density at radius 1 is 1.19 bits per heavy atom. The lowest BCUT2D eigenvalue weighted by Gasteiger charge is -2.25.